The van der Waals surface area contributed by atoms with Crippen molar-refractivity contribution in [2.24, 2.45) is 5.92 Å². The molecule has 194 valence electrons. The molecule has 2 amide bonds. The van der Waals surface area contributed by atoms with Gasteiger partial charge in [-0.3, -0.25) is 4.79 Å². The Morgan fingerprint density at radius 1 is 1.05 bits per heavy atom. The summed E-state index contributed by atoms with van der Waals surface area (Å²) in [6, 6.07) is 20.9. The van der Waals surface area contributed by atoms with Crippen molar-refractivity contribution in [3.8, 4) is 10.6 Å². The molecule has 8 heteroatoms. The Morgan fingerprint density at radius 2 is 1.84 bits per heavy atom. The van der Waals surface area contributed by atoms with E-state index >= 15 is 0 Å². The smallest absolute Gasteiger partial charge is 0.407 e. The number of rotatable bonds is 8. The zero-order valence-corrected chi connectivity index (χ0v) is 22.4. The minimum Gasteiger partial charge on any atom is -0.449 e. The molecule has 0 spiro atoms. The van der Waals surface area contributed by atoms with Gasteiger partial charge in [-0.2, -0.15) is 0 Å². The SMILES string of the molecule is Cc1ccc2nc(-c3ccc(NC(=O)[C@H](Cc4c[nH]c5ccccc45)NC(=O)OCC(C)C)cc3)sc2c1. The molecule has 0 saturated carbocycles. The van der Waals surface area contributed by atoms with Gasteiger partial charge in [0.15, 0.2) is 0 Å². The maximum absolute atomic E-state index is 13.4. The van der Waals surface area contributed by atoms with Gasteiger partial charge in [0.05, 0.1) is 16.8 Å². The van der Waals surface area contributed by atoms with Crippen molar-refractivity contribution < 1.29 is 14.3 Å². The number of carbonyl (C=O) groups is 2. The average molecular weight is 527 g/mol. The summed E-state index contributed by atoms with van der Waals surface area (Å²) in [4.78, 5) is 33.8. The van der Waals surface area contributed by atoms with Gasteiger partial charge < -0.3 is 20.4 Å². The number of nitrogens with one attached hydrogen (secondary N) is 3. The third-order valence-electron chi connectivity index (χ3n) is 6.20. The van der Waals surface area contributed by atoms with E-state index in [4.69, 9.17) is 9.72 Å². The number of anilines is 1. The molecule has 5 aromatic rings. The first-order valence-corrected chi connectivity index (χ1v) is 13.4. The number of carbonyl (C=O) groups excluding carboxylic acids is 2. The van der Waals surface area contributed by atoms with Crippen molar-refractivity contribution in [1.82, 2.24) is 15.3 Å². The number of aromatic amines is 1. The molecule has 3 aromatic carbocycles. The molecule has 0 aliphatic rings. The van der Waals surface area contributed by atoms with Gasteiger partial charge in [0, 0.05) is 34.8 Å². The van der Waals surface area contributed by atoms with Crippen LogP contribution < -0.4 is 10.6 Å². The molecule has 0 radical (unpaired) electrons. The highest BCUT2D eigenvalue weighted by Crippen LogP contribution is 2.31. The molecule has 0 saturated heterocycles. The molecule has 0 fully saturated rings. The van der Waals surface area contributed by atoms with Crippen LogP contribution in [0.15, 0.2) is 72.9 Å². The molecule has 0 unspecified atom stereocenters. The Balaban J connectivity index is 1.32. The monoisotopic (exact) mass is 526 g/mol. The standard InChI is InChI=1S/C30H30N4O3S/c1-18(2)17-37-30(36)34-26(15-21-16-31-24-7-5-4-6-23(21)24)28(35)32-22-11-9-20(10-12-22)29-33-25-13-8-19(3)14-27(25)38-29/h4-14,16,18,26,31H,15,17H2,1-3H3,(H,32,35)(H,34,36)/t26-/m0/s1. The van der Waals surface area contributed by atoms with Gasteiger partial charge in [0.2, 0.25) is 5.91 Å². The average Bonchev–Trinajstić information content (AvgIpc) is 3.51. The third kappa shape index (κ3) is 5.86. The Kier molecular flexibility index (Phi) is 7.42. The summed E-state index contributed by atoms with van der Waals surface area (Å²) in [5.74, 6) is -0.125. The summed E-state index contributed by atoms with van der Waals surface area (Å²) in [5, 5.41) is 7.64. The number of ether oxygens (including phenoxy) is 1. The number of hydrogen-bond acceptors (Lipinski definition) is 5. The maximum Gasteiger partial charge on any atom is 0.407 e. The van der Waals surface area contributed by atoms with E-state index in [-0.39, 0.29) is 18.4 Å². The second-order valence-electron chi connectivity index (χ2n) is 9.81. The number of amides is 2. The molecule has 5 rings (SSSR count). The molecular weight excluding hydrogens is 496 g/mol. The van der Waals surface area contributed by atoms with Gasteiger partial charge in [0.25, 0.3) is 0 Å². The predicted octanol–water partition coefficient (Wildman–Crippen LogP) is 6.69. The summed E-state index contributed by atoms with van der Waals surface area (Å²) in [7, 11) is 0. The number of H-pyrrole nitrogens is 1. The second-order valence-corrected chi connectivity index (χ2v) is 10.8. The third-order valence-corrected chi connectivity index (χ3v) is 7.27. The second kappa shape index (κ2) is 11.1. The Hall–Kier alpha value is -4.17. The summed E-state index contributed by atoms with van der Waals surface area (Å²) >= 11 is 1.64. The molecule has 7 nitrogen and oxygen atoms in total. The first kappa shape index (κ1) is 25.5. The van der Waals surface area contributed by atoms with Crippen molar-refractivity contribution in [3.63, 3.8) is 0 Å². The van der Waals surface area contributed by atoms with Crippen LogP contribution in [0.5, 0.6) is 0 Å². The number of aryl methyl sites for hydroxylation is 1. The van der Waals surface area contributed by atoms with Crippen molar-refractivity contribution in [1.29, 1.82) is 0 Å². The normalized spacial score (nSPS) is 12.1. The highest BCUT2D eigenvalue weighted by atomic mass is 32.1. The molecule has 0 bridgehead atoms. The van der Waals surface area contributed by atoms with Crippen molar-refractivity contribution in [3.05, 3.63) is 84.1 Å². The molecule has 1 atom stereocenters. The van der Waals surface area contributed by atoms with Gasteiger partial charge in [-0.15, -0.1) is 11.3 Å². The lowest BCUT2D eigenvalue weighted by molar-refractivity contribution is -0.118. The van der Waals surface area contributed by atoms with Crippen LogP contribution in [0.1, 0.15) is 25.0 Å². The molecule has 0 aliphatic heterocycles. The summed E-state index contributed by atoms with van der Waals surface area (Å²) in [6.45, 7) is 6.27. The van der Waals surface area contributed by atoms with E-state index in [0.717, 1.165) is 37.3 Å². The van der Waals surface area contributed by atoms with Gasteiger partial charge in [-0.25, -0.2) is 9.78 Å². The van der Waals surface area contributed by atoms with Crippen LogP contribution in [0.4, 0.5) is 10.5 Å². The Morgan fingerprint density at radius 3 is 2.63 bits per heavy atom. The molecule has 0 aliphatic carbocycles. The Bertz CT molecular complexity index is 1590. The van der Waals surface area contributed by atoms with E-state index in [1.54, 1.807) is 11.3 Å². The molecule has 38 heavy (non-hydrogen) atoms. The van der Waals surface area contributed by atoms with Crippen LogP contribution >= 0.6 is 11.3 Å². The van der Waals surface area contributed by atoms with E-state index in [2.05, 4.69) is 34.7 Å². The first-order valence-electron chi connectivity index (χ1n) is 12.6. The van der Waals surface area contributed by atoms with Gasteiger partial charge in [0.1, 0.15) is 11.0 Å². The van der Waals surface area contributed by atoms with Crippen LogP contribution in [0, 0.1) is 12.8 Å². The van der Waals surface area contributed by atoms with E-state index in [0.29, 0.717) is 12.1 Å². The number of benzene rings is 3. The number of hydrogen-bond donors (Lipinski definition) is 3. The minimum atomic E-state index is -0.818. The van der Waals surface area contributed by atoms with Crippen LogP contribution in [-0.4, -0.2) is 34.6 Å². The van der Waals surface area contributed by atoms with Gasteiger partial charge >= 0.3 is 6.09 Å². The first-order chi connectivity index (χ1) is 18.4. The maximum atomic E-state index is 13.4. The lowest BCUT2D eigenvalue weighted by Crippen LogP contribution is -2.45. The van der Waals surface area contributed by atoms with Crippen molar-refractivity contribution in [2.75, 3.05) is 11.9 Å². The summed E-state index contributed by atoms with van der Waals surface area (Å²) in [6.07, 6.45) is 1.58. The fraction of sp³-hybridized carbons (Fsp3) is 0.233. The minimum absolute atomic E-state index is 0.194. The predicted molar refractivity (Wildman–Crippen MR) is 154 cm³/mol. The highest BCUT2D eigenvalue weighted by molar-refractivity contribution is 7.21. The fourth-order valence-electron chi connectivity index (χ4n) is 4.24. The summed E-state index contributed by atoms with van der Waals surface area (Å²) in [5.41, 5.74) is 5.71. The summed E-state index contributed by atoms with van der Waals surface area (Å²) < 4.78 is 6.44. The fourth-order valence-corrected chi connectivity index (χ4v) is 5.31. The van der Waals surface area contributed by atoms with Crippen molar-refractivity contribution in [2.45, 2.75) is 33.2 Å². The highest BCUT2D eigenvalue weighted by Gasteiger charge is 2.24. The number of alkyl carbamates (subject to hydrolysis) is 1. The molecule has 2 heterocycles. The number of thiazole rings is 1. The zero-order chi connectivity index (χ0) is 26.6. The van der Waals surface area contributed by atoms with E-state index in [1.165, 1.54) is 5.56 Å². The topological polar surface area (TPSA) is 96.1 Å². The lowest BCUT2D eigenvalue weighted by Gasteiger charge is -2.19. The molecule has 2 aromatic heterocycles. The number of nitrogens with zero attached hydrogens (tertiary/aromatic N) is 1. The zero-order valence-electron chi connectivity index (χ0n) is 21.6. The van der Waals surface area contributed by atoms with Crippen LogP contribution in [0.2, 0.25) is 0 Å². The van der Waals surface area contributed by atoms with Crippen LogP contribution in [-0.2, 0) is 16.0 Å². The molecule has 3 N–H and O–H groups in total. The van der Waals surface area contributed by atoms with E-state index in [1.807, 2.05) is 74.6 Å². The number of para-hydroxylation sites is 1. The van der Waals surface area contributed by atoms with E-state index in [9.17, 15) is 9.59 Å². The van der Waals surface area contributed by atoms with Crippen LogP contribution in [0.25, 0.3) is 31.7 Å². The number of fused-ring (bicyclic) bond motifs is 2. The lowest BCUT2D eigenvalue weighted by atomic mass is 10.0. The molecular formula is C30H30N4O3S. The van der Waals surface area contributed by atoms with Crippen LogP contribution in [0.3, 0.4) is 0 Å². The van der Waals surface area contributed by atoms with Gasteiger partial charge in [-0.05, 0) is 66.4 Å². The number of aromatic nitrogens is 2. The van der Waals surface area contributed by atoms with E-state index < -0.39 is 12.1 Å². The largest absolute Gasteiger partial charge is 0.449 e. The quantitative estimate of drug-likeness (QED) is 0.210. The van der Waals surface area contributed by atoms with Gasteiger partial charge in [-0.1, -0.05) is 38.1 Å². The van der Waals surface area contributed by atoms with Crippen molar-refractivity contribution >= 4 is 50.1 Å². The Labute approximate surface area is 225 Å².